The molecule has 43 heavy (non-hydrogen) atoms. The van der Waals surface area contributed by atoms with E-state index in [0.29, 0.717) is 22.1 Å². The normalized spacial score (nSPS) is 12.4. The minimum absolute atomic E-state index is 0.128. The van der Waals surface area contributed by atoms with Gasteiger partial charge >= 0.3 is 0 Å². The molecule has 3 aromatic carbocycles. The molecule has 1 aromatic heterocycles. The number of nitro groups is 1. The molecule has 0 aliphatic rings. The molecule has 0 fully saturated rings. The number of ether oxygens (including phenoxy) is 2. The van der Waals surface area contributed by atoms with Crippen LogP contribution in [0.25, 0.3) is 11.3 Å². The maximum absolute atomic E-state index is 13.1. The Morgan fingerprint density at radius 3 is 2.47 bits per heavy atom. The lowest BCUT2D eigenvalue weighted by Gasteiger charge is -2.21. The van der Waals surface area contributed by atoms with Gasteiger partial charge in [-0.3, -0.25) is 19.7 Å². The minimum Gasteiger partial charge on any atom is -0.496 e. The highest BCUT2D eigenvalue weighted by atomic mass is 35.5. The number of carbonyl (C=O) groups is 2. The van der Waals surface area contributed by atoms with Crippen molar-refractivity contribution in [3.05, 3.63) is 110 Å². The van der Waals surface area contributed by atoms with Crippen LogP contribution >= 0.6 is 23.2 Å². The number of amides is 2. The van der Waals surface area contributed by atoms with Crippen LogP contribution in [-0.2, 0) is 16.0 Å². The van der Waals surface area contributed by atoms with E-state index in [4.69, 9.17) is 37.1 Å². The first kappa shape index (κ1) is 31.1. The van der Waals surface area contributed by atoms with Crippen molar-refractivity contribution >= 4 is 46.9 Å². The number of nitrogens with one attached hydrogen (secondary N) is 2. The highest BCUT2D eigenvalue weighted by molar-refractivity contribution is 6.35. The predicted molar refractivity (Wildman–Crippen MR) is 162 cm³/mol. The van der Waals surface area contributed by atoms with Gasteiger partial charge in [0.25, 0.3) is 17.5 Å². The van der Waals surface area contributed by atoms with Gasteiger partial charge in [0, 0.05) is 23.6 Å². The fourth-order valence-electron chi connectivity index (χ4n) is 3.97. The highest BCUT2D eigenvalue weighted by Gasteiger charge is 2.25. The Kier molecular flexibility index (Phi) is 10.4. The number of methoxy groups -OCH3 is 1. The summed E-state index contributed by atoms with van der Waals surface area (Å²) in [6.07, 6.45) is 0.460. The van der Waals surface area contributed by atoms with Crippen LogP contribution in [-0.4, -0.2) is 42.2 Å². The van der Waals surface area contributed by atoms with Crippen LogP contribution in [0.2, 0.25) is 10.0 Å². The molecule has 0 saturated carbocycles. The van der Waals surface area contributed by atoms with Crippen molar-refractivity contribution in [1.82, 2.24) is 10.7 Å². The van der Waals surface area contributed by atoms with Gasteiger partial charge < -0.3 is 19.2 Å². The van der Waals surface area contributed by atoms with Crippen molar-refractivity contribution < 1.29 is 28.4 Å². The molecule has 0 radical (unpaired) electrons. The quantitative estimate of drug-likeness (QED) is 0.115. The SMILES string of the molecule is COc1ccc([N+](=O)[O-])cc1-c1ccc(/C=N\NC(=O)[C@@H](Cc2ccccc2)NC(=O)[C@@H](C)Oc2ccc(Cl)cc2Cl)o1. The first-order valence-electron chi connectivity index (χ1n) is 12.9. The zero-order valence-corrected chi connectivity index (χ0v) is 24.5. The van der Waals surface area contributed by atoms with E-state index >= 15 is 0 Å². The van der Waals surface area contributed by atoms with Crippen molar-refractivity contribution in [2.45, 2.75) is 25.5 Å². The van der Waals surface area contributed by atoms with Gasteiger partial charge in [0.1, 0.15) is 29.1 Å². The zero-order chi connectivity index (χ0) is 30.9. The summed E-state index contributed by atoms with van der Waals surface area (Å²) >= 11 is 12.1. The molecule has 0 unspecified atom stereocenters. The number of carbonyl (C=O) groups excluding carboxylic acids is 2. The molecule has 2 amide bonds. The predicted octanol–water partition coefficient (Wildman–Crippen LogP) is 5.82. The highest BCUT2D eigenvalue weighted by Crippen LogP contribution is 2.34. The third kappa shape index (κ3) is 8.34. The number of hydrazone groups is 1. The minimum atomic E-state index is -1.000. The summed E-state index contributed by atoms with van der Waals surface area (Å²) in [5, 5.41) is 18.5. The Balaban J connectivity index is 1.45. The number of furan rings is 1. The summed E-state index contributed by atoms with van der Waals surface area (Å²) in [5.74, 6) is 0.0763. The van der Waals surface area contributed by atoms with Gasteiger partial charge in [-0.05, 0) is 48.9 Å². The van der Waals surface area contributed by atoms with Crippen LogP contribution in [0.4, 0.5) is 5.69 Å². The maximum atomic E-state index is 13.1. The van der Waals surface area contributed by atoms with Gasteiger partial charge in [-0.1, -0.05) is 53.5 Å². The van der Waals surface area contributed by atoms with Gasteiger partial charge in [-0.15, -0.1) is 0 Å². The van der Waals surface area contributed by atoms with E-state index in [9.17, 15) is 19.7 Å². The fourth-order valence-corrected chi connectivity index (χ4v) is 4.42. The van der Waals surface area contributed by atoms with E-state index in [1.807, 2.05) is 30.3 Å². The molecule has 4 aromatic rings. The number of benzene rings is 3. The molecule has 0 aliphatic heterocycles. The second-order valence-electron chi connectivity index (χ2n) is 9.16. The first-order valence-corrected chi connectivity index (χ1v) is 13.6. The molecule has 0 aliphatic carbocycles. The molecule has 0 saturated heterocycles. The number of hydrogen-bond donors (Lipinski definition) is 2. The number of halogens is 2. The number of hydrogen-bond acceptors (Lipinski definition) is 8. The van der Waals surface area contributed by atoms with Crippen LogP contribution in [0.15, 0.2) is 88.4 Å². The second-order valence-corrected chi connectivity index (χ2v) is 10.0. The average Bonchev–Trinajstić information content (AvgIpc) is 3.47. The van der Waals surface area contributed by atoms with Crippen LogP contribution < -0.4 is 20.2 Å². The lowest BCUT2D eigenvalue weighted by atomic mass is 10.1. The van der Waals surface area contributed by atoms with E-state index < -0.39 is 28.9 Å². The van der Waals surface area contributed by atoms with Gasteiger partial charge in [0.05, 0.1) is 28.8 Å². The maximum Gasteiger partial charge on any atom is 0.270 e. The molecule has 1 heterocycles. The average molecular weight is 625 g/mol. The van der Waals surface area contributed by atoms with Crippen LogP contribution in [0.5, 0.6) is 11.5 Å². The van der Waals surface area contributed by atoms with Gasteiger partial charge in [0.15, 0.2) is 6.10 Å². The van der Waals surface area contributed by atoms with Crippen LogP contribution in [0.3, 0.4) is 0 Å². The van der Waals surface area contributed by atoms with Gasteiger partial charge in [0.2, 0.25) is 0 Å². The summed E-state index contributed by atoms with van der Waals surface area (Å²) in [4.78, 5) is 36.8. The number of non-ortho nitro benzene ring substituents is 1. The molecule has 13 heteroatoms. The van der Waals surface area contributed by atoms with Crippen LogP contribution in [0.1, 0.15) is 18.2 Å². The van der Waals surface area contributed by atoms with E-state index in [2.05, 4.69) is 15.8 Å². The third-order valence-corrected chi connectivity index (χ3v) is 6.67. The Morgan fingerprint density at radius 2 is 1.77 bits per heavy atom. The molecule has 4 rings (SSSR count). The lowest BCUT2D eigenvalue weighted by molar-refractivity contribution is -0.384. The Morgan fingerprint density at radius 1 is 1.02 bits per heavy atom. The van der Waals surface area contributed by atoms with Crippen molar-refractivity contribution in [3.8, 4) is 22.8 Å². The molecular weight excluding hydrogens is 599 g/mol. The summed E-state index contributed by atoms with van der Waals surface area (Å²) in [5.41, 5.74) is 3.48. The third-order valence-electron chi connectivity index (χ3n) is 6.14. The van der Waals surface area contributed by atoms with Gasteiger partial charge in [-0.2, -0.15) is 5.10 Å². The van der Waals surface area contributed by atoms with E-state index in [1.54, 1.807) is 24.3 Å². The molecule has 0 spiro atoms. The molecule has 222 valence electrons. The first-order chi connectivity index (χ1) is 20.6. The smallest absolute Gasteiger partial charge is 0.270 e. The number of nitrogens with zero attached hydrogens (tertiary/aromatic N) is 2. The molecule has 0 bridgehead atoms. The Labute approximate surface area is 256 Å². The van der Waals surface area contributed by atoms with E-state index in [0.717, 1.165) is 5.56 Å². The van der Waals surface area contributed by atoms with Gasteiger partial charge in [-0.25, -0.2) is 5.43 Å². The molecule has 2 atom stereocenters. The second kappa shape index (κ2) is 14.3. The Hall–Kier alpha value is -4.87. The summed E-state index contributed by atoms with van der Waals surface area (Å²) < 4.78 is 16.7. The summed E-state index contributed by atoms with van der Waals surface area (Å²) in [7, 11) is 1.44. The topological polar surface area (TPSA) is 145 Å². The fraction of sp³-hybridized carbons (Fsp3) is 0.167. The van der Waals surface area contributed by atoms with E-state index in [-0.39, 0.29) is 28.6 Å². The van der Waals surface area contributed by atoms with Crippen molar-refractivity contribution in [1.29, 1.82) is 0 Å². The molecular formula is C30H26Cl2N4O7. The van der Waals surface area contributed by atoms with Crippen molar-refractivity contribution in [3.63, 3.8) is 0 Å². The monoisotopic (exact) mass is 624 g/mol. The Bertz CT molecular complexity index is 1640. The molecule has 2 N–H and O–H groups in total. The summed E-state index contributed by atoms with van der Waals surface area (Å²) in [6.45, 7) is 1.53. The summed E-state index contributed by atoms with van der Waals surface area (Å²) in [6, 6.07) is 20.1. The lowest BCUT2D eigenvalue weighted by Crippen LogP contribution is -2.50. The zero-order valence-electron chi connectivity index (χ0n) is 23.0. The largest absolute Gasteiger partial charge is 0.496 e. The number of nitro benzene ring substituents is 1. The van der Waals surface area contributed by atoms with Crippen molar-refractivity contribution in [2.24, 2.45) is 5.10 Å². The van der Waals surface area contributed by atoms with Crippen LogP contribution in [0, 0.1) is 10.1 Å². The molecule has 11 nitrogen and oxygen atoms in total. The standard InChI is InChI=1S/C30H26Cl2N4O7/c1-18(42-28-11-8-20(31)15-24(28)32)29(37)34-25(14-19-6-4-3-5-7-19)30(38)35-33-17-22-10-13-27(43-22)23-16-21(36(39)40)9-12-26(23)41-2/h3-13,15-18,25H,14H2,1-2H3,(H,34,37)(H,35,38)/b33-17-/t18-,25-/m1/s1. The van der Waals surface area contributed by atoms with E-state index in [1.165, 1.54) is 44.5 Å². The number of rotatable bonds is 12. The van der Waals surface area contributed by atoms with Crippen molar-refractivity contribution in [2.75, 3.05) is 7.11 Å².